The molecule has 1 aliphatic rings. The molecule has 1 fully saturated rings. The van der Waals surface area contributed by atoms with Crippen molar-refractivity contribution in [2.45, 2.75) is 30.7 Å². The number of aryl methyl sites for hydroxylation is 1. The summed E-state index contributed by atoms with van der Waals surface area (Å²) in [4.78, 5) is 0.0223. The van der Waals surface area contributed by atoms with Gasteiger partial charge < -0.3 is 5.73 Å². The lowest BCUT2D eigenvalue weighted by atomic mass is 10.2. The third kappa shape index (κ3) is 2.80. The third-order valence-electron chi connectivity index (χ3n) is 3.68. The number of nitrogens with zero attached hydrogens (tertiary/aromatic N) is 1. The SMILES string of the molecule is Cc1ccc(F)cc1S(=O)(=O)N(C)C(CN)C1CC1. The maximum atomic E-state index is 13.3. The summed E-state index contributed by atoms with van der Waals surface area (Å²) in [6.45, 7) is 1.95. The molecule has 0 saturated heterocycles. The van der Waals surface area contributed by atoms with Gasteiger partial charge in [0.2, 0.25) is 10.0 Å². The quantitative estimate of drug-likeness (QED) is 0.892. The minimum Gasteiger partial charge on any atom is -0.329 e. The smallest absolute Gasteiger partial charge is 0.243 e. The minimum absolute atomic E-state index is 0.0223. The molecule has 0 amide bonds. The van der Waals surface area contributed by atoms with Crippen molar-refractivity contribution in [2.75, 3.05) is 13.6 Å². The zero-order chi connectivity index (χ0) is 14.2. The van der Waals surface area contributed by atoms with E-state index in [-0.39, 0.29) is 17.5 Å². The van der Waals surface area contributed by atoms with Crippen LogP contribution in [-0.2, 0) is 10.0 Å². The van der Waals surface area contributed by atoms with Crippen molar-refractivity contribution >= 4 is 10.0 Å². The molecule has 0 aromatic heterocycles. The molecule has 19 heavy (non-hydrogen) atoms. The van der Waals surface area contributed by atoms with Crippen LogP contribution in [0.2, 0.25) is 0 Å². The van der Waals surface area contributed by atoms with Crippen molar-refractivity contribution in [1.29, 1.82) is 0 Å². The maximum Gasteiger partial charge on any atom is 0.243 e. The number of nitrogens with two attached hydrogens (primary N) is 1. The van der Waals surface area contributed by atoms with Crippen LogP contribution in [0.5, 0.6) is 0 Å². The van der Waals surface area contributed by atoms with E-state index in [9.17, 15) is 12.8 Å². The van der Waals surface area contributed by atoms with Gasteiger partial charge in [0.05, 0.1) is 4.90 Å². The van der Waals surface area contributed by atoms with Gasteiger partial charge in [-0.1, -0.05) is 6.07 Å². The van der Waals surface area contributed by atoms with E-state index in [1.54, 1.807) is 6.92 Å². The van der Waals surface area contributed by atoms with E-state index in [1.165, 1.54) is 23.5 Å². The van der Waals surface area contributed by atoms with Crippen molar-refractivity contribution in [3.63, 3.8) is 0 Å². The highest BCUT2D eigenvalue weighted by molar-refractivity contribution is 7.89. The van der Waals surface area contributed by atoms with E-state index < -0.39 is 15.8 Å². The number of halogens is 1. The largest absolute Gasteiger partial charge is 0.329 e. The van der Waals surface area contributed by atoms with Crippen LogP contribution in [0.15, 0.2) is 23.1 Å². The summed E-state index contributed by atoms with van der Waals surface area (Å²) in [5, 5.41) is 0. The summed E-state index contributed by atoms with van der Waals surface area (Å²) in [6, 6.07) is 3.61. The average molecular weight is 286 g/mol. The molecule has 6 heteroatoms. The Hall–Kier alpha value is -0.980. The van der Waals surface area contributed by atoms with Gasteiger partial charge in [-0.3, -0.25) is 0 Å². The van der Waals surface area contributed by atoms with Gasteiger partial charge in [-0.25, -0.2) is 12.8 Å². The first-order valence-corrected chi connectivity index (χ1v) is 7.76. The molecular formula is C13H19FN2O2S. The Morgan fingerprint density at radius 1 is 1.47 bits per heavy atom. The molecule has 1 aromatic rings. The van der Waals surface area contributed by atoms with Crippen LogP contribution in [0, 0.1) is 18.7 Å². The van der Waals surface area contributed by atoms with E-state index in [2.05, 4.69) is 0 Å². The molecule has 2 rings (SSSR count). The van der Waals surface area contributed by atoms with Crippen LogP contribution in [0.1, 0.15) is 18.4 Å². The van der Waals surface area contributed by atoms with Crippen LogP contribution >= 0.6 is 0 Å². The molecule has 0 aliphatic heterocycles. The lowest BCUT2D eigenvalue weighted by molar-refractivity contribution is 0.340. The first kappa shape index (κ1) is 14.4. The minimum atomic E-state index is -3.70. The first-order valence-electron chi connectivity index (χ1n) is 6.32. The number of hydrogen-bond donors (Lipinski definition) is 1. The fraction of sp³-hybridized carbons (Fsp3) is 0.538. The molecule has 1 atom stereocenters. The number of hydrogen-bond acceptors (Lipinski definition) is 3. The third-order valence-corrected chi connectivity index (χ3v) is 5.71. The molecule has 1 aromatic carbocycles. The van der Waals surface area contributed by atoms with Crippen LogP contribution in [-0.4, -0.2) is 32.4 Å². The average Bonchev–Trinajstić information content (AvgIpc) is 3.17. The molecule has 1 unspecified atom stereocenters. The van der Waals surface area contributed by atoms with Gasteiger partial charge in [-0.05, 0) is 43.4 Å². The highest BCUT2D eigenvalue weighted by Gasteiger charge is 2.38. The van der Waals surface area contributed by atoms with E-state index in [1.807, 2.05) is 0 Å². The first-order chi connectivity index (χ1) is 8.87. The lowest BCUT2D eigenvalue weighted by Gasteiger charge is -2.27. The van der Waals surface area contributed by atoms with Gasteiger partial charge in [0, 0.05) is 19.6 Å². The topological polar surface area (TPSA) is 63.4 Å². The molecule has 2 N–H and O–H groups in total. The Labute approximate surface area is 113 Å². The van der Waals surface area contributed by atoms with Gasteiger partial charge in [-0.15, -0.1) is 0 Å². The standard InChI is InChI=1S/C13H19FN2O2S/c1-9-3-6-11(14)7-13(9)19(17,18)16(2)12(8-15)10-4-5-10/h3,6-7,10,12H,4-5,8,15H2,1-2H3. The van der Waals surface area contributed by atoms with Crippen molar-refractivity contribution in [1.82, 2.24) is 4.31 Å². The molecule has 4 nitrogen and oxygen atoms in total. The van der Waals surface area contributed by atoms with Gasteiger partial charge >= 0.3 is 0 Å². The second kappa shape index (κ2) is 5.19. The summed E-state index contributed by atoms with van der Waals surface area (Å²) in [6.07, 6.45) is 2.01. The number of rotatable bonds is 5. The normalized spacial score (nSPS) is 17.7. The number of benzene rings is 1. The van der Waals surface area contributed by atoms with Crippen LogP contribution in [0.3, 0.4) is 0 Å². The molecule has 1 aliphatic carbocycles. The van der Waals surface area contributed by atoms with E-state index in [4.69, 9.17) is 5.73 Å². The van der Waals surface area contributed by atoms with Crippen LogP contribution in [0.4, 0.5) is 4.39 Å². The summed E-state index contributed by atoms with van der Waals surface area (Å²) in [7, 11) is -2.17. The van der Waals surface area contributed by atoms with Gasteiger partial charge in [-0.2, -0.15) is 4.31 Å². The van der Waals surface area contributed by atoms with Gasteiger partial charge in [0.25, 0.3) is 0 Å². The van der Waals surface area contributed by atoms with Crippen molar-refractivity contribution in [3.8, 4) is 0 Å². The predicted octanol–water partition coefficient (Wildman–Crippen LogP) is 1.49. The maximum absolute atomic E-state index is 13.3. The predicted molar refractivity (Wildman–Crippen MR) is 71.7 cm³/mol. The summed E-state index contributed by atoms with van der Waals surface area (Å²) < 4.78 is 39.7. The van der Waals surface area contributed by atoms with E-state index in [0.717, 1.165) is 18.9 Å². The zero-order valence-corrected chi connectivity index (χ0v) is 12.0. The van der Waals surface area contributed by atoms with Crippen molar-refractivity contribution in [3.05, 3.63) is 29.6 Å². The molecule has 0 spiro atoms. The molecule has 0 bridgehead atoms. The molecule has 1 saturated carbocycles. The second-order valence-corrected chi connectivity index (χ2v) is 7.04. The van der Waals surface area contributed by atoms with E-state index in [0.29, 0.717) is 11.5 Å². The fourth-order valence-electron chi connectivity index (χ4n) is 2.30. The van der Waals surface area contributed by atoms with Crippen molar-refractivity contribution in [2.24, 2.45) is 11.7 Å². The van der Waals surface area contributed by atoms with Crippen molar-refractivity contribution < 1.29 is 12.8 Å². The fourth-order valence-corrected chi connectivity index (χ4v) is 3.97. The van der Waals surface area contributed by atoms with Crippen LogP contribution < -0.4 is 5.73 Å². The summed E-state index contributed by atoms with van der Waals surface area (Å²) >= 11 is 0. The number of likely N-dealkylation sites (N-methyl/N-ethyl adjacent to an activating group) is 1. The molecule has 0 heterocycles. The summed E-state index contributed by atoms with van der Waals surface area (Å²) in [5.74, 6) is -0.216. The second-order valence-electron chi connectivity index (χ2n) is 5.07. The Kier molecular flexibility index (Phi) is 3.94. The van der Waals surface area contributed by atoms with Gasteiger partial charge in [0.1, 0.15) is 5.82 Å². The highest BCUT2D eigenvalue weighted by Crippen LogP contribution is 2.36. The zero-order valence-electron chi connectivity index (χ0n) is 11.1. The summed E-state index contributed by atoms with van der Waals surface area (Å²) in [5.41, 5.74) is 6.22. The lowest BCUT2D eigenvalue weighted by Crippen LogP contribution is -2.43. The Morgan fingerprint density at radius 2 is 2.11 bits per heavy atom. The highest BCUT2D eigenvalue weighted by atomic mass is 32.2. The van der Waals surface area contributed by atoms with Gasteiger partial charge in [0.15, 0.2) is 0 Å². The Morgan fingerprint density at radius 3 is 2.63 bits per heavy atom. The Bertz CT molecular complexity index is 570. The van der Waals surface area contributed by atoms with Crippen LogP contribution in [0.25, 0.3) is 0 Å². The monoisotopic (exact) mass is 286 g/mol. The van der Waals surface area contributed by atoms with E-state index >= 15 is 0 Å². The molecule has 106 valence electrons. The molecule has 0 radical (unpaired) electrons. The Balaban J connectivity index is 2.38. The number of sulfonamides is 1. The molecular weight excluding hydrogens is 267 g/mol.